The fourth-order valence-electron chi connectivity index (χ4n) is 5.39. The summed E-state index contributed by atoms with van der Waals surface area (Å²) in [6, 6.07) is 0. The van der Waals surface area contributed by atoms with Gasteiger partial charge in [0, 0.05) is 12.8 Å². The number of hydrogen-bond donors (Lipinski definition) is 0. The monoisotopic (exact) mass is 836 g/mol. The number of quaternary nitrogens is 1. The third-order valence-corrected chi connectivity index (χ3v) is 9.72. The summed E-state index contributed by atoms with van der Waals surface area (Å²) in [4.78, 5) is 37.5. The number of nitrogens with zero attached hydrogens (tertiary/aromatic N) is 1. The number of carbonyl (C=O) groups excluding carboxylic acids is 2. The van der Waals surface area contributed by atoms with Crippen LogP contribution in [0.5, 0.6) is 0 Å². The maximum absolute atomic E-state index is 12.6. The highest BCUT2D eigenvalue weighted by molar-refractivity contribution is 7.45. The Morgan fingerprint density at radius 2 is 1.00 bits per heavy atom. The van der Waals surface area contributed by atoms with Crippen LogP contribution in [-0.4, -0.2) is 70.0 Å². The molecule has 336 valence electrons. The van der Waals surface area contributed by atoms with Crippen LogP contribution in [0.4, 0.5) is 0 Å². The van der Waals surface area contributed by atoms with Gasteiger partial charge in [-0.2, -0.15) is 0 Å². The molecule has 0 heterocycles. The maximum atomic E-state index is 12.6. The van der Waals surface area contributed by atoms with E-state index in [4.69, 9.17) is 18.5 Å². The largest absolute Gasteiger partial charge is 0.756 e. The van der Waals surface area contributed by atoms with Crippen molar-refractivity contribution in [2.24, 2.45) is 0 Å². The number of unbranched alkanes of at least 4 members (excludes halogenated alkanes) is 12. The minimum absolute atomic E-state index is 0.0468. The van der Waals surface area contributed by atoms with E-state index < -0.39 is 32.5 Å². The van der Waals surface area contributed by atoms with E-state index in [-0.39, 0.29) is 26.1 Å². The Morgan fingerprint density at radius 3 is 1.45 bits per heavy atom. The van der Waals surface area contributed by atoms with Crippen LogP contribution in [0.2, 0.25) is 0 Å². The smallest absolute Gasteiger partial charge is 0.306 e. The highest BCUT2D eigenvalue weighted by Crippen LogP contribution is 2.38. The van der Waals surface area contributed by atoms with Gasteiger partial charge in [0.1, 0.15) is 19.8 Å². The van der Waals surface area contributed by atoms with Crippen molar-refractivity contribution in [2.45, 2.75) is 175 Å². The van der Waals surface area contributed by atoms with Gasteiger partial charge in [0.15, 0.2) is 6.10 Å². The number of carbonyl (C=O) groups is 2. The standard InChI is InChI=1S/C46H80NO8P.C2H6/c1-6-8-10-12-14-16-18-20-21-22-23-24-25-27-29-31-33-35-37-39-46(49)55-44(43-54-56(50,51)53-41-40-47(3,4)5)42-52-45(48)38-36-34-32-30-28-26-19-17-15-13-11-9-7-2;1-2/h8,10,14,16,20-21,23-24,27,29,33,35,44H,6-7,9,11-13,15,17-19,22,25-26,28,30-32,34,36-43H2,1-5H3;1-2H3/b10-8-,16-14-,21-20-,24-23-,29-27-,35-33-;. The normalized spacial score (nSPS) is 13.9. The van der Waals surface area contributed by atoms with E-state index in [2.05, 4.69) is 74.6 Å². The van der Waals surface area contributed by atoms with Crippen molar-refractivity contribution in [1.29, 1.82) is 0 Å². The summed E-state index contributed by atoms with van der Waals surface area (Å²) in [6.07, 6.45) is 46.6. The SMILES string of the molecule is CC.CC/C=C\C/C=C\C/C=C\C/C=C\C/C=C\C/C=C\CCC(=O)OC(COC(=O)CCCCCCCCCCCCCCC)COP(=O)([O-])OCC[N+](C)(C)C. The molecule has 0 saturated heterocycles. The van der Waals surface area contributed by atoms with Gasteiger partial charge in [0.2, 0.25) is 0 Å². The quantitative estimate of drug-likeness (QED) is 0.0199. The Balaban J connectivity index is 0. The molecule has 0 aliphatic rings. The second-order valence-corrected chi connectivity index (χ2v) is 16.7. The van der Waals surface area contributed by atoms with E-state index in [1.54, 1.807) is 0 Å². The van der Waals surface area contributed by atoms with Crippen molar-refractivity contribution in [2.75, 3.05) is 47.5 Å². The fraction of sp³-hybridized carbons (Fsp3) is 0.708. The van der Waals surface area contributed by atoms with Gasteiger partial charge in [-0.05, 0) is 51.4 Å². The van der Waals surface area contributed by atoms with Crippen LogP contribution < -0.4 is 4.89 Å². The number of ether oxygens (including phenoxy) is 2. The van der Waals surface area contributed by atoms with Crippen molar-refractivity contribution < 1.29 is 42.1 Å². The van der Waals surface area contributed by atoms with Gasteiger partial charge in [0.05, 0.1) is 27.7 Å². The molecule has 0 N–H and O–H groups in total. The molecule has 58 heavy (non-hydrogen) atoms. The van der Waals surface area contributed by atoms with Gasteiger partial charge in [-0.15, -0.1) is 0 Å². The van der Waals surface area contributed by atoms with Crippen molar-refractivity contribution >= 4 is 19.8 Å². The molecule has 0 bridgehead atoms. The summed E-state index contributed by atoms with van der Waals surface area (Å²) < 4.78 is 33.8. The lowest BCUT2D eigenvalue weighted by atomic mass is 10.0. The molecule has 10 heteroatoms. The van der Waals surface area contributed by atoms with Gasteiger partial charge < -0.3 is 27.9 Å². The molecule has 0 aliphatic heterocycles. The zero-order valence-corrected chi connectivity index (χ0v) is 38.9. The summed E-state index contributed by atoms with van der Waals surface area (Å²) in [7, 11) is 1.11. The van der Waals surface area contributed by atoms with Crippen LogP contribution >= 0.6 is 7.82 Å². The maximum Gasteiger partial charge on any atom is 0.306 e. The first-order valence-electron chi connectivity index (χ1n) is 22.6. The lowest BCUT2D eigenvalue weighted by Gasteiger charge is -2.28. The Labute approximate surface area is 356 Å². The lowest BCUT2D eigenvalue weighted by Crippen LogP contribution is -2.37. The number of rotatable bonds is 38. The van der Waals surface area contributed by atoms with E-state index in [1.165, 1.54) is 64.2 Å². The number of phosphoric ester groups is 1. The second kappa shape index (κ2) is 42.6. The number of likely N-dealkylation sites (N-methyl/N-ethyl adjacent to an activating group) is 1. The molecule has 0 aliphatic carbocycles. The second-order valence-electron chi connectivity index (χ2n) is 15.3. The molecule has 9 nitrogen and oxygen atoms in total. The van der Waals surface area contributed by atoms with Crippen LogP contribution in [0.25, 0.3) is 0 Å². The summed E-state index contributed by atoms with van der Waals surface area (Å²) in [5.74, 6) is -0.936. The molecule has 0 fully saturated rings. The molecule has 0 saturated carbocycles. The van der Waals surface area contributed by atoms with Gasteiger partial charge >= 0.3 is 11.9 Å². The molecular weight excluding hydrogens is 750 g/mol. The Kier molecular flexibility index (Phi) is 42.2. The molecule has 0 amide bonds. The lowest BCUT2D eigenvalue weighted by molar-refractivity contribution is -0.870. The van der Waals surface area contributed by atoms with Crippen LogP contribution in [-0.2, 0) is 32.7 Å². The molecule has 0 rings (SSSR count). The topological polar surface area (TPSA) is 111 Å². The van der Waals surface area contributed by atoms with E-state index in [9.17, 15) is 19.0 Å². The third kappa shape index (κ3) is 46.1. The van der Waals surface area contributed by atoms with E-state index in [1.807, 2.05) is 47.1 Å². The van der Waals surface area contributed by atoms with Crippen molar-refractivity contribution in [3.63, 3.8) is 0 Å². The summed E-state index contributed by atoms with van der Waals surface area (Å²) in [5, 5.41) is 0. The number of hydrogen-bond acceptors (Lipinski definition) is 8. The van der Waals surface area contributed by atoms with Crippen LogP contribution in [0.3, 0.4) is 0 Å². The first-order valence-corrected chi connectivity index (χ1v) is 24.1. The minimum Gasteiger partial charge on any atom is -0.756 e. The van der Waals surface area contributed by atoms with Gasteiger partial charge in [-0.1, -0.05) is 178 Å². The number of phosphoric acid groups is 1. The molecule has 0 radical (unpaired) electrons. The van der Waals surface area contributed by atoms with Crippen molar-refractivity contribution in [3.05, 3.63) is 72.9 Å². The van der Waals surface area contributed by atoms with Gasteiger partial charge in [-0.3, -0.25) is 14.2 Å². The average molecular weight is 836 g/mol. The molecule has 0 aromatic heterocycles. The Hall–Kier alpha value is -2.55. The van der Waals surface area contributed by atoms with Crippen molar-refractivity contribution in [1.82, 2.24) is 0 Å². The number of allylic oxidation sites excluding steroid dienone is 12. The van der Waals surface area contributed by atoms with Crippen LogP contribution in [0.15, 0.2) is 72.9 Å². The molecule has 2 unspecified atom stereocenters. The van der Waals surface area contributed by atoms with E-state index in [0.717, 1.165) is 57.8 Å². The predicted octanol–water partition coefficient (Wildman–Crippen LogP) is 12.6. The summed E-state index contributed by atoms with van der Waals surface area (Å²) in [6.45, 7) is 8.01. The Morgan fingerprint density at radius 1 is 0.569 bits per heavy atom. The predicted molar refractivity (Wildman–Crippen MR) is 242 cm³/mol. The third-order valence-electron chi connectivity index (χ3n) is 8.75. The van der Waals surface area contributed by atoms with E-state index >= 15 is 0 Å². The first-order chi connectivity index (χ1) is 28.0. The van der Waals surface area contributed by atoms with Gasteiger partial charge in [-0.25, -0.2) is 0 Å². The highest BCUT2D eigenvalue weighted by Gasteiger charge is 2.21. The fourth-order valence-corrected chi connectivity index (χ4v) is 6.11. The average Bonchev–Trinajstić information content (AvgIpc) is 3.18. The van der Waals surface area contributed by atoms with Crippen LogP contribution in [0, 0.1) is 0 Å². The minimum atomic E-state index is -4.65. The highest BCUT2D eigenvalue weighted by atomic mass is 31.2. The number of esters is 2. The molecule has 0 aromatic carbocycles. The first kappa shape index (κ1) is 57.5. The molecule has 0 aromatic rings. The van der Waals surface area contributed by atoms with E-state index in [0.29, 0.717) is 17.4 Å². The molecule has 2 atom stereocenters. The van der Waals surface area contributed by atoms with Gasteiger partial charge in [0.25, 0.3) is 7.82 Å². The summed E-state index contributed by atoms with van der Waals surface area (Å²) >= 11 is 0. The Bertz CT molecular complexity index is 1180. The zero-order chi connectivity index (χ0) is 43.4. The van der Waals surface area contributed by atoms with Crippen LogP contribution in [0.1, 0.15) is 169 Å². The molecular formula is C48H86NO8P. The summed E-state index contributed by atoms with van der Waals surface area (Å²) in [5.41, 5.74) is 0. The zero-order valence-electron chi connectivity index (χ0n) is 38.1. The molecule has 0 spiro atoms. The van der Waals surface area contributed by atoms with Crippen molar-refractivity contribution in [3.8, 4) is 0 Å².